The van der Waals surface area contributed by atoms with E-state index in [0.29, 0.717) is 11.8 Å². The number of phenols is 1. The Labute approximate surface area is 104 Å². The van der Waals surface area contributed by atoms with Gasteiger partial charge in [-0.3, -0.25) is 0 Å². The lowest BCUT2D eigenvalue weighted by Crippen LogP contribution is -2.45. The van der Waals surface area contributed by atoms with Crippen LogP contribution in [0.1, 0.15) is 16.7 Å². The van der Waals surface area contributed by atoms with Crippen LogP contribution >= 0.6 is 0 Å². The predicted molar refractivity (Wildman–Crippen MR) is 68.1 cm³/mol. The molecule has 0 saturated carbocycles. The van der Waals surface area contributed by atoms with Crippen molar-refractivity contribution in [1.82, 2.24) is 0 Å². The van der Waals surface area contributed by atoms with Crippen LogP contribution in [0.4, 0.5) is 0 Å². The van der Waals surface area contributed by atoms with E-state index in [0.717, 1.165) is 16.7 Å². The molecule has 0 atom stereocenters. The lowest BCUT2D eigenvalue weighted by atomic mass is 10.1. The van der Waals surface area contributed by atoms with Gasteiger partial charge in [-0.2, -0.15) is 0 Å². The van der Waals surface area contributed by atoms with Gasteiger partial charge in [0, 0.05) is 27.4 Å². The fourth-order valence-electron chi connectivity index (χ4n) is 1.86. The summed E-state index contributed by atoms with van der Waals surface area (Å²) in [6.45, 7) is 3.75. The Bertz CT molecular complexity index is 357. The van der Waals surface area contributed by atoms with Crippen LogP contribution in [0, 0.1) is 13.8 Å². The van der Waals surface area contributed by atoms with Crippen molar-refractivity contribution in [2.24, 2.45) is 0 Å². The van der Waals surface area contributed by atoms with E-state index in [1.807, 2.05) is 26.0 Å². The Hall–Kier alpha value is -0.883. The van der Waals surface area contributed by atoms with Gasteiger partial charge in [0.15, 0.2) is 0 Å². The summed E-state index contributed by atoms with van der Waals surface area (Å²) < 4.78 is 16.1. The van der Waals surface area contributed by atoms with Crippen LogP contribution in [0.5, 0.6) is 5.75 Å². The second kappa shape index (κ2) is 5.64. The Morgan fingerprint density at radius 2 is 1.41 bits per heavy atom. The summed E-state index contributed by atoms with van der Waals surface area (Å²) in [7, 11) is 2.19. The minimum absolute atomic E-state index is 0.341. The van der Waals surface area contributed by atoms with Gasteiger partial charge in [0.05, 0.1) is 0 Å². The van der Waals surface area contributed by atoms with E-state index < -0.39 is 8.80 Å². The second-order valence-corrected chi connectivity index (χ2v) is 6.99. The highest BCUT2D eigenvalue weighted by molar-refractivity contribution is 6.60. The van der Waals surface area contributed by atoms with Gasteiger partial charge in [-0.05, 0) is 30.5 Å². The molecule has 0 aromatic heterocycles. The highest BCUT2D eigenvalue weighted by Gasteiger charge is 2.38. The van der Waals surface area contributed by atoms with E-state index in [9.17, 15) is 5.11 Å². The molecule has 17 heavy (non-hydrogen) atoms. The van der Waals surface area contributed by atoms with Crippen LogP contribution in [0.25, 0.3) is 0 Å². The number of hydrogen-bond donors (Lipinski definition) is 1. The van der Waals surface area contributed by atoms with Crippen LogP contribution in [0.3, 0.4) is 0 Å². The number of phenolic OH excluding ortho intramolecular Hbond substituents is 1. The van der Waals surface area contributed by atoms with Crippen molar-refractivity contribution in [3.05, 3.63) is 28.8 Å². The molecule has 0 spiro atoms. The molecule has 0 bridgehead atoms. The summed E-state index contributed by atoms with van der Waals surface area (Å²) >= 11 is 0. The molecule has 0 unspecified atom stereocenters. The standard InChI is InChI=1S/C12H20O4Si/c1-9-6-11(7-10(2)12(9)13)8-17(14-3,15-4)16-5/h6-7,13H,8H2,1-5H3. The predicted octanol–water partition coefficient (Wildman–Crippen LogP) is 1.97. The molecule has 0 aliphatic rings. The molecule has 1 aromatic rings. The van der Waals surface area contributed by atoms with Crippen molar-refractivity contribution < 1.29 is 18.4 Å². The Balaban J connectivity index is 3.02. The molecule has 0 saturated heterocycles. The molecule has 0 heterocycles. The maximum atomic E-state index is 9.72. The first kappa shape index (κ1) is 14.2. The molecule has 1 N–H and O–H groups in total. The molecule has 4 nitrogen and oxygen atoms in total. The molecule has 5 heteroatoms. The van der Waals surface area contributed by atoms with Crippen molar-refractivity contribution in [3.63, 3.8) is 0 Å². The first-order valence-corrected chi connectivity index (χ1v) is 7.35. The zero-order valence-electron chi connectivity index (χ0n) is 11.0. The number of benzene rings is 1. The van der Waals surface area contributed by atoms with E-state index in [1.165, 1.54) is 0 Å². The van der Waals surface area contributed by atoms with Crippen molar-refractivity contribution in [3.8, 4) is 5.75 Å². The monoisotopic (exact) mass is 256 g/mol. The molecule has 0 radical (unpaired) electrons. The van der Waals surface area contributed by atoms with Crippen LogP contribution in [0.2, 0.25) is 0 Å². The van der Waals surface area contributed by atoms with Crippen molar-refractivity contribution in [1.29, 1.82) is 0 Å². The summed E-state index contributed by atoms with van der Waals surface area (Å²) in [6.07, 6.45) is 0. The number of hydrogen-bond acceptors (Lipinski definition) is 4. The largest absolute Gasteiger partial charge is 0.507 e. The third kappa shape index (κ3) is 3.07. The molecular weight excluding hydrogens is 236 g/mol. The lowest BCUT2D eigenvalue weighted by Gasteiger charge is -2.24. The van der Waals surface area contributed by atoms with Gasteiger partial charge in [-0.25, -0.2) is 0 Å². The van der Waals surface area contributed by atoms with Gasteiger partial charge in [-0.15, -0.1) is 0 Å². The number of aryl methyl sites for hydroxylation is 2. The molecule has 1 aromatic carbocycles. The average Bonchev–Trinajstić information content (AvgIpc) is 2.33. The SMILES string of the molecule is CO[Si](Cc1cc(C)c(O)c(C)c1)(OC)OC. The van der Waals surface area contributed by atoms with E-state index in [2.05, 4.69) is 0 Å². The van der Waals surface area contributed by atoms with Crippen LogP contribution < -0.4 is 0 Å². The summed E-state index contributed by atoms with van der Waals surface area (Å²) in [5.74, 6) is 0.341. The maximum absolute atomic E-state index is 9.72. The topological polar surface area (TPSA) is 47.9 Å². The van der Waals surface area contributed by atoms with Crippen LogP contribution in [-0.4, -0.2) is 35.2 Å². The van der Waals surface area contributed by atoms with Gasteiger partial charge in [0.2, 0.25) is 0 Å². The Morgan fingerprint density at radius 3 is 1.76 bits per heavy atom. The minimum Gasteiger partial charge on any atom is -0.507 e. The molecule has 0 aliphatic carbocycles. The second-order valence-electron chi connectivity index (χ2n) is 4.05. The zero-order valence-corrected chi connectivity index (χ0v) is 12.0. The smallest absolute Gasteiger partial charge is 0.504 e. The lowest BCUT2D eigenvalue weighted by molar-refractivity contribution is 0.122. The van der Waals surface area contributed by atoms with Gasteiger partial charge in [-0.1, -0.05) is 12.1 Å². The molecular formula is C12H20O4Si. The van der Waals surface area contributed by atoms with Crippen molar-refractivity contribution in [2.45, 2.75) is 19.9 Å². The molecule has 0 amide bonds. The van der Waals surface area contributed by atoms with E-state index in [-0.39, 0.29) is 0 Å². The van der Waals surface area contributed by atoms with Gasteiger partial charge < -0.3 is 18.4 Å². The Kier molecular flexibility index (Phi) is 4.70. The summed E-state index contributed by atoms with van der Waals surface area (Å²) in [4.78, 5) is 0. The fourth-order valence-corrected chi connectivity index (χ4v) is 3.50. The highest BCUT2D eigenvalue weighted by atomic mass is 28.4. The van der Waals surface area contributed by atoms with Crippen LogP contribution in [0.15, 0.2) is 12.1 Å². The first-order valence-electron chi connectivity index (χ1n) is 5.42. The van der Waals surface area contributed by atoms with Gasteiger partial charge >= 0.3 is 8.80 Å². The van der Waals surface area contributed by atoms with E-state index in [4.69, 9.17) is 13.3 Å². The molecule has 0 fully saturated rings. The third-order valence-electron chi connectivity index (χ3n) is 2.90. The fraction of sp³-hybridized carbons (Fsp3) is 0.500. The van der Waals surface area contributed by atoms with Crippen molar-refractivity contribution >= 4 is 8.80 Å². The minimum atomic E-state index is -2.60. The molecule has 96 valence electrons. The molecule has 1 rings (SSSR count). The summed E-state index contributed by atoms with van der Waals surface area (Å²) in [6, 6.07) is 4.46. The van der Waals surface area contributed by atoms with E-state index >= 15 is 0 Å². The Morgan fingerprint density at radius 1 is 1.00 bits per heavy atom. The highest BCUT2D eigenvalue weighted by Crippen LogP contribution is 2.25. The first-order chi connectivity index (χ1) is 7.98. The van der Waals surface area contributed by atoms with E-state index in [1.54, 1.807) is 21.3 Å². The summed E-state index contributed by atoms with van der Waals surface area (Å²) in [5, 5.41) is 9.72. The quantitative estimate of drug-likeness (QED) is 0.818. The van der Waals surface area contributed by atoms with Crippen LogP contribution in [-0.2, 0) is 19.3 Å². The normalized spacial score (nSPS) is 11.8. The average molecular weight is 256 g/mol. The third-order valence-corrected chi connectivity index (χ3v) is 5.61. The van der Waals surface area contributed by atoms with Gasteiger partial charge in [0.25, 0.3) is 0 Å². The number of aromatic hydroxyl groups is 1. The van der Waals surface area contributed by atoms with Gasteiger partial charge in [0.1, 0.15) is 5.75 Å². The molecule has 0 aliphatic heterocycles. The summed E-state index contributed by atoms with van der Waals surface area (Å²) in [5.41, 5.74) is 2.76. The maximum Gasteiger partial charge on any atom is 0.504 e. The number of rotatable bonds is 5. The zero-order chi connectivity index (χ0) is 13.1. The van der Waals surface area contributed by atoms with Crippen molar-refractivity contribution in [2.75, 3.05) is 21.3 Å².